The molecule has 19 heteroatoms. The van der Waals surface area contributed by atoms with E-state index in [9.17, 15) is 40.9 Å². The Morgan fingerprint density at radius 3 is 2.03 bits per heavy atom. The van der Waals surface area contributed by atoms with Crippen molar-refractivity contribution in [1.29, 1.82) is 0 Å². The number of aromatic amines is 1. The average molecular weight is 867 g/mol. The monoisotopic (exact) mass is 866 g/mol. The van der Waals surface area contributed by atoms with Crippen LogP contribution in [0.3, 0.4) is 0 Å². The molecule has 0 saturated heterocycles. The van der Waals surface area contributed by atoms with Gasteiger partial charge >= 0.3 is 5.97 Å². The lowest BCUT2D eigenvalue weighted by Crippen LogP contribution is -2.29. The molecule has 0 unspecified atom stereocenters. The molecular formula is C41H50N6O11S2. The second kappa shape index (κ2) is 18.4. The van der Waals surface area contributed by atoms with Gasteiger partial charge in [0.15, 0.2) is 0 Å². The predicted octanol–water partition coefficient (Wildman–Crippen LogP) is 3.14. The first-order valence-corrected chi connectivity index (χ1v) is 22.5. The number of amides is 2. The maximum absolute atomic E-state index is 14.2. The third-order valence-corrected chi connectivity index (χ3v) is 12.2. The van der Waals surface area contributed by atoms with E-state index in [0.29, 0.717) is 62.2 Å². The number of aromatic nitrogens is 1. The molecule has 4 aliphatic heterocycles. The maximum Gasteiger partial charge on any atom is 0.310 e. The van der Waals surface area contributed by atoms with Crippen LogP contribution >= 0.6 is 0 Å². The van der Waals surface area contributed by atoms with E-state index >= 15 is 0 Å². The fourth-order valence-electron chi connectivity index (χ4n) is 7.45. The van der Waals surface area contributed by atoms with E-state index in [0.717, 1.165) is 16.7 Å². The van der Waals surface area contributed by atoms with Crippen molar-refractivity contribution >= 4 is 73.1 Å². The molecule has 0 fully saturated rings. The van der Waals surface area contributed by atoms with Crippen molar-refractivity contribution < 1.29 is 50.2 Å². The summed E-state index contributed by atoms with van der Waals surface area (Å²) in [5, 5.41) is 17.5. The van der Waals surface area contributed by atoms with Gasteiger partial charge in [-0.15, -0.1) is 0 Å². The number of rotatable bonds is 15. The third kappa shape index (κ3) is 10.4. The molecule has 5 rings (SSSR count). The molecular weight excluding hydrogens is 817 g/mol. The Hall–Kier alpha value is -5.50. The van der Waals surface area contributed by atoms with Crippen molar-refractivity contribution in [1.82, 2.24) is 15.6 Å². The third-order valence-electron chi connectivity index (χ3n) is 10.6. The number of nitrogens with one attached hydrogen (secondary N) is 3. The van der Waals surface area contributed by atoms with Gasteiger partial charge in [-0.05, 0) is 112 Å². The van der Waals surface area contributed by atoms with Crippen LogP contribution in [-0.4, -0.2) is 103 Å². The van der Waals surface area contributed by atoms with Gasteiger partial charge in [0.25, 0.3) is 26.1 Å². The number of esters is 1. The first kappa shape index (κ1) is 45.6. The van der Waals surface area contributed by atoms with Crippen molar-refractivity contribution in [3.8, 4) is 0 Å². The van der Waals surface area contributed by atoms with Crippen LogP contribution in [0.25, 0.3) is 17.9 Å². The molecule has 6 N–H and O–H groups in total. The van der Waals surface area contributed by atoms with Crippen molar-refractivity contribution in [2.24, 2.45) is 15.0 Å². The highest BCUT2D eigenvalue weighted by Crippen LogP contribution is 2.39. The number of aliphatic hydroxyl groups excluding tert-OH is 1. The van der Waals surface area contributed by atoms with Gasteiger partial charge in [-0.3, -0.25) is 23.5 Å². The molecule has 5 heterocycles. The minimum absolute atomic E-state index is 0.00483. The van der Waals surface area contributed by atoms with Crippen LogP contribution in [0.2, 0.25) is 0 Å². The van der Waals surface area contributed by atoms with Crippen LogP contribution in [0.1, 0.15) is 84.4 Å². The van der Waals surface area contributed by atoms with Gasteiger partial charge < -0.3 is 25.5 Å². The molecule has 0 saturated carbocycles. The lowest BCUT2D eigenvalue weighted by Gasteiger charge is -2.16. The number of carbonyl (C=O) groups is 3. The highest BCUT2D eigenvalue weighted by molar-refractivity contribution is 7.86. The lowest BCUT2D eigenvalue weighted by molar-refractivity contribution is -0.139. The molecule has 322 valence electrons. The molecule has 17 nitrogen and oxygen atoms in total. The Balaban J connectivity index is 1.78. The summed E-state index contributed by atoms with van der Waals surface area (Å²) in [7, 11) is -7.28. The van der Waals surface area contributed by atoms with Crippen LogP contribution < -0.4 is 21.2 Å². The summed E-state index contributed by atoms with van der Waals surface area (Å²) in [4.78, 5) is 59.0. The average Bonchev–Trinajstić information content (AvgIpc) is 3.85. The zero-order chi connectivity index (χ0) is 44.3. The van der Waals surface area contributed by atoms with Crippen LogP contribution in [0.15, 0.2) is 77.2 Å². The van der Waals surface area contributed by atoms with E-state index in [1.54, 1.807) is 32.9 Å². The Morgan fingerprint density at radius 1 is 0.800 bits per heavy atom. The smallest absolute Gasteiger partial charge is 0.310 e. The number of hydrogen-bond donors (Lipinski definition) is 6. The van der Waals surface area contributed by atoms with Crippen LogP contribution in [0.5, 0.6) is 0 Å². The minimum atomic E-state index is -4.29. The second-order valence-electron chi connectivity index (χ2n) is 14.7. The maximum atomic E-state index is 14.2. The molecule has 0 aliphatic carbocycles. The molecule has 0 aromatic carbocycles. The number of fused-ring (bicyclic) bond motifs is 5. The highest BCUT2D eigenvalue weighted by atomic mass is 32.2. The van der Waals surface area contributed by atoms with E-state index < -0.39 is 55.9 Å². The van der Waals surface area contributed by atoms with Gasteiger partial charge in [0.05, 0.1) is 75.9 Å². The summed E-state index contributed by atoms with van der Waals surface area (Å²) in [6.45, 7) is 10.8. The van der Waals surface area contributed by atoms with Crippen molar-refractivity contribution in [2.45, 2.75) is 80.1 Å². The molecule has 4 aliphatic rings. The number of aliphatic hydroxyl groups is 1. The Morgan fingerprint density at radius 2 is 1.43 bits per heavy atom. The summed E-state index contributed by atoms with van der Waals surface area (Å²) in [6, 6.07) is 0. The number of ether oxygens (including phenoxy) is 1. The van der Waals surface area contributed by atoms with Crippen LogP contribution in [0.4, 0.5) is 0 Å². The van der Waals surface area contributed by atoms with Gasteiger partial charge in [-0.2, -0.15) is 16.8 Å². The van der Waals surface area contributed by atoms with E-state index in [1.807, 2.05) is 26.8 Å². The minimum Gasteiger partial charge on any atom is -0.512 e. The molecule has 1 aromatic heterocycles. The van der Waals surface area contributed by atoms with E-state index in [2.05, 4.69) is 15.6 Å². The number of nitrogens with zero attached hydrogens (tertiary/aromatic N) is 3. The number of methoxy groups -OCH3 is 1. The topological polar surface area (TPSA) is 266 Å². The highest BCUT2D eigenvalue weighted by Gasteiger charge is 2.35. The van der Waals surface area contributed by atoms with Crippen LogP contribution in [0, 0.1) is 6.92 Å². The Kier molecular flexibility index (Phi) is 14.0. The molecule has 0 radical (unpaired) electrons. The van der Waals surface area contributed by atoms with Gasteiger partial charge in [-0.25, -0.2) is 15.0 Å². The molecule has 1 aromatic rings. The second-order valence-corrected chi connectivity index (χ2v) is 17.9. The van der Waals surface area contributed by atoms with E-state index in [1.165, 1.54) is 7.11 Å². The number of allylic oxidation sites excluding steroid dienone is 6. The van der Waals surface area contributed by atoms with Crippen molar-refractivity contribution in [3.63, 3.8) is 0 Å². The number of carbonyl (C=O) groups excluding carboxylic acids is 3. The quantitative estimate of drug-likeness (QED) is 0.0847. The fraction of sp³-hybridized carbons (Fsp3) is 0.415. The first-order chi connectivity index (χ1) is 28.1. The summed E-state index contributed by atoms with van der Waals surface area (Å²) >= 11 is 0. The zero-order valence-corrected chi connectivity index (χ0v) is 36.2. The largest absolute Gasteiger partial charge is 0.512 e. The Labute approximate surface area is 348 Å². The van der Waals surface area contributed by atoms with Gasteiger partial charge in [0, 0.05) is 36.0 Å². The van der Waals surface area contributed by atoms with Gasteiger partial charge in [0.1, 0.15) is 0 Å². The standard InChI is InChI=1S/C41H50N6O11S2/c1-8-26-21(2)29-20-34-37(25(6)48)23(4)31(45-34)18-30-22(3)27(11-12-35(49)42-13-9-15-59(52,53)54)39(46-30)28(17-36(50)58-7)40-38(24(5)32(47-40)19-33(26)44-29)41(51)43-14-10-16-60(55,56)57/h18-20,45,48H,8-17H2,1-7H3,(H,42,49)(H,43,51)(H,52,53,54)(H,55,56,57)/b30-18?,33-19?,34-20?,37-25-,40-28?. The van der Waals surface area contributed by atoms with Crippen LogP contribution in [-0.2, 0) is 39.4 Å². The fourth-order valence-corrected chi connectivity index (χ4v) is 8.46. The first-order valence-electron chi connectivity index (χ1n) is 19.3. The summed E-state index contributed by atoms with van der Waals surface area (Å²) in [6.07, 6.45) is 5.51. The predicted molar refractivity (Wildman–Crippen MR) is 229 cm³/mol. The van der Waals surface area contributed by atoms with E-state index in [4.69, 9.17) is 24.3 Å². The van der Waals surface area contributed by atoms with Gasteiger partial charge in [0.2, 0.25) is 5.91 Å². The lowest BCUT2D eigenvalue weighted by atomic mass is 9.90. The van der Waals surface area contributed by atoms with Gasteiger partial charge in [-0.1, -0.05) is 6.92 Å². The molecule has 2 amide bonds. The number of hydrogen-bond acceptors (Lipinski definition) is 12. The number of aliphatic imine (C=N–C) groups is 3. The summed E-state index contributed by atoms with van der Waals surface area (Å²) in [5.74, 6) is -2.74. The number of H-pyrrole nitrogens is 1. The van der Waals surface area contributed by atoms with Crippen molar-refractivity contribution in [3.05, 3.63) is 84.0 Å². The van der Waals surface area contributed by atoms with E-state index in [-0.39, 0.29) is 67.1 Å². The molecule has 0 spiro atoms. The summed E-state index contributed by atoms with van der Waals surface area (Å²) < 4.78 is 68.6. The summed E-state index contributed by atoms with van der Waals surface area (Å²) in [5.41, 5.74) is 7.47. The normalized spacial score (nSPS) is 17.2. The molecule has 60 heavy (non-hydrogen) atoms. The Bertz CT molecular complexity index is 2700. The molecule has 0 atom stereocenters. The SMILES string of the molecule is CCC1=C(C)C2=NC1=CC1=NC(=C(CC(=O)OC)C3=NC(=Cc4[nH]c(/c(=C(/C)O)c4C)=C2)C(C)=C3CCC(=O)NCCCS(=O)(=O)O)C(C(=O)NCCCS(=O)(=O)O)=C1C. The zero-order valence-electron chi connectivity index (χ0n) is 34.6. The molecule has 8 bridgehead atoms. The van der Waals surface area contributed by atoms with Crippen molar-refractivity contribution in [2.75, 3.05) is 31.7 Å².